The number of fused-ring (bicyclic) bond motifs is 1. The fraction of sp³-hybridized carbons (Fsp3) is 0.267. The molecule has 0 spiro atoms. The minimum atomic E-state index is -1.12. The average Bonchev–Trinajstić information content (AvgIpc) is 2.57. The van der Waals surface area contributed by atoms with Crippen LogP contribution in [-0.4, -0.2) is 41.3 Å². The van der Waals surface area contributed by atoms with Crippen molar-refractivity contribution in [2.24, 2.45) is 0 Å². The van der Waals surface area contributed by atoms with Crippen LogP contribution in [0.3, 0.4) is 0 Å². The summed E-state index contributed by atoms with van der Waals surface area (Å²) in [5.74, 6) is -0.528. The molecule has 0 fully saturated rings. The molecule has 0 aromatic carbocycles. The first kappa shape index (κ1) is 14.9. The van der Waals surface area contributed by atoms with Gasteiger partial charge in [0.05, 0.1) is 24.7 Å². The molecule has 1 aliphatic rings. The summed E-state index contributed by atoms with van der Waals surface area (Å²) in [6.45, 7) is 3.17. The molecule has 2 aromatic rings. The minimum absolute atomic E-state index is 0.0312. The summed E-state index contributed by atoms with van der Waals surface area (Å²) in [7, 11) is 1.38. The van der Waals surface area contributed by atoms with Crippen molar-refractivity contribution in [3.8, 4) is 11.8 Å². The second-order valence-electron chi connectivity index (χ2n) is 4.93. The summed E-state index contributed by atoms with van der Waals surface area (Å²) in [5.41, 5.74) is 2.72. The molecule has 2 aromatic heterocycles. The highest BCUT2D eigenvalue weighted by molar-refractivity contribution is 5.97. The van der Waals surface area contributed by atoms with Crippen molar-refractivity contribution in [3.63, 3.8) is 0 Å². The van der Waals surface area contributed by atoms with Crippen molar-refractivity contribution >= 4 is 23.0 Å². The second kappa shape index (κ2) is 5.99. The van der Waals surface area contributed by atoms with E-state index in [1.165, 1.54) is 13.3 Å². The summed E-state index contributed by atoms with van der Waals surface area (Å²) in [6.07, 6.45) is 3.09. The molecule has 0 bridgehead atoms. The predicted molar refractivity (Wildman–Crippen MR) is 84.0 cm³/mol. The maximum absolute atomic E-state index is 11.5. The molecule has 0 amide bonds. The molecule has 0 unspecified atom stereocenters. The average molecular weight is 316 g/mol. The SMILES string of the molecule is COc1nccc(Nc2cnc3c(c2C)NCCO3)c1C(=O)O. The van der Waals surface area contributed by atoms with Gasteiger partial charge in [-0.15, -0.1) is 0 Å². The second-order valence-corrected chi connectivity index (χ2v) is 4.93. The van der Waals surface area contributed by atoms with Crippen LogP contribution in [0, 0.1) is 6.92 Å². The largest absolute Gasteiger partial charge is 0.480 e. The molecule has 0 saturated carbocycles. The van der Waals surface area contributed by atoms with E-state index in [0.29, 0.717) is 30.4 Å². The number of anilines is 3. The monoisotopic (exact) mass is 316 g/mol. The zero-order chi connectivity index (χ0) is 16.4. The molecule has 3 N–H and O–H groups in total. The molecule has 8 nitrogen and oxygen atoms in total. The summed E-state index contributed by atoms with van der Waals surface area (Å²) < 4.78 is 10.5. The smallest absolute Gasteiger partial charge is 0.343 e. The Bertz CT molecular complexity index is 763. The third-order valence-corrected chi connectivity index (χ3v) is 3.54. The number of carboxylic acids is 1. The number of ether oxygens (including phenoxy) is 2. The third kappa shape index (κ3) is 2.70. The lowest BCUT2D eigenvalue weighted by atomic mass is 10.1. The van der Waals surface area contributed by atoms with Gasteiger partial charge in [-0.3, -0.25) is 0 Å². The van der Waals surface area contributed by atoms with Crippen molar-refractivity contribution in [1.82, 2.24) is 9.97 Å². The number of nitrogens with zero attached hydrogens (tertiary/aromatic N) is 2. The first-order valence-electron chi connectivity index (χ1n) is 7.01. The van der Waals surface area contributed by atoms with E-state index in [1.807, 2.05) is 6.92 Å². The summed E-state index contributed by atoms with van der Waals surface area (Å²) >= 11 is 0. The molecule has 3 rings (SSSR count). The number of aromatic carboxylic acids is 1. The fourth-order valence-corrected chi connectivity index (χ4v) is 2.40. The van der Waals surface area contributed by atoms with Crippen LogP contribution < -0.4 is 20.1 Å². The Morgan fingerprint density at radius 2 is 2.26 bits per heavy atom. The maximum Gasteiger partial charge on any atom is 0.343 e. The van der Waals surface area contributed by atoms with Crippen LogP contribution in [0.4, 0.5) is 17.1 Å². The number of nitrogens with one attached hydrogen (secondary N) is 2. The molecule has 8 heteroatoms. The van der Waals surface area contributed by atoms with Gasteiger partial charge in [-0.25, -0.2) is 14.8 Å². The van der Waals surface area contributed by atoms with Crippen molar-refractivity contribution in [2.75, 3.05) is 30.9 Å². The Morgan fingerprint density at radius 1 is 1.43 bits per heavy atom. The molecule has 0 aliphatic carbocycles. The third-order valence-electron chi connectivity index (χ3n) is 3.54. The van der Waals surface area contributed by atoms with Gasteiger partial charge in [0, 0.05) is 18.3 Å². The normalized spacial score (nSPS) is 12.6. The number of carbonyl (C=O) groups is 1. The van der Waals surface area contributed by atoms with E-state index in [0.717, 1.165) is 11.3 Å². The highest BCUT2D eigenvalue weighted by atomic mass is 16.5. The van der Waals surface area contributed by atoms with Crippen molar-refractivity contribution in [3.05, 3.63) is 29.6 Å². The number of carboxylic acid groups (broad SMARTS) is 1. The molecular weight excluding hydrogens is 300 g/mol. The molecular formula is C15H16N4O4. The van der Waals surface area contributed by atoms with E-state index in [4.69, 9.17) is 9.47 Å². The van der Waals surface area contributed by atoms with Crippen LogP contribution in [0.1, 0.15) is 15.9 Å². The molecule has 0 saturated heterocycles. The molecule has 120 valence electrons. The number of rotatable bonds is 4. The van der Waals surface area contributed by atoms with E-state index in [-0.39, 0.29) is 11.4 Å². The minimum Gasteiger partial charge on any atom is -0.480 e. The van der Waals surface area contributed by atoms with Crippen molar-refractivity contribution in [2.45, 2.75) is 6.92 Å². The van der Waals surface area contributed by atoms with E-state index in [2.05, 4.69) is 20.6 Å². The summed E-state index contributed by atoms with van der Waals surface area (Å²) in [4.78, 5) is 19.7. The Labute approximate surface area is 132 Å². The van der Waals surface area contributed by atoms with E-state index in [1.54, 1.807) is 12.3 Å². The van der Waals surface area contributed by atoms with Gasteiger partial charge in [0.2, 0.25) is 11.8 Å². The van der Waals surface area contributed by atoms with Gasteiger partial charge in [-0.2, -0.15) is 0 Å². The van der Waals surface area contributed by atoms with Gasteiger partial charge >= 0.3 is 5.97 Å². The number of hydrogen-bond donors (Lipinski definition) is 3. The first-order valence-corrected chi connectivity index (χ1v) is 7.01. The van der Waals surface area contributed by atoms with Gasteiger partial charge in [0.15, 0.2) is 0 Å². The molecule has 0 radical (unpaired) electrons. The highest BCUT2D eigenvalue weighted by Gasteiger charge is 2.20. The van der Waals surface area contributed by atoms with Crippen molar-refractivity contribution < 1.29 is 19.4 Å². The highest BCUT2D eigenvalue weighted by Crippen LogP contribution is 2.35. The van der Waals surface area contributed by atoms with Crippen LogP contribution in [0.5, 0.6) is 11.8 Å². The molecule has 0 atom stereocenters. The predicted octanol–water partition coefficient (Wildman–Crippen LogP) is 2.04. The lowest BCUT2D eigenvalue weighted by Gasteiger charge is -2.22. The van der Waals surface area contributed by atoms with Gasteiger partial charge in [-0.05, 0) is 13.0 Å². The van der Waals surface area contributed by atoms with Crippen LogP contribution in [0.15, 0.2) is 18.5 Å². The molecule has 1 aliphatic heterocycles. The van der Waals surface area contributed by atoms with Gasteiger partial charge in [0.1, 0.15) is 17.9 Å². The maximum atomic E-state index is 11.5. The fourth-order valence-electron chi connectivity index (χ4n) is 2.40. The summed E-state index contributed by atoms with van der Waals surface area (Å²) in [6, 6.07) is 1.58. The Kier molecular flexibility index (Phi) is 3.88. The number of methoxy groups -OCH3 is 1. The van der Waals surface area contributed by atoms with Crippen LogP contribution in [0.2, 0.25) is 0 Å². The van der Waals surface area contributed by atoms with Gasteiger partial charge in [-0.1, -0.05) is 0 Å². The quantitative estimate of drug-likeness (QED) is 0.787. The van der Waals surface area contributed by atoms with Crippen LogP contribution in [-0.2, 0) is 0 Å². The summed E-state index contributed by atoms with van der Waals surface area (Å²) in [5, 5.41) is 15.7. The van der Waals surface area contributed by atoms with Gasteiger partial charge in [0.25, 0.3) is 0 Å². The van der Waals surface area contributed by atoms with Crippen LogP contribution in [0.25, 0.3) is 0 Å². The lowest BCUT2D eigenvalue weighted by molar-refractivity contribution is 0.0693. The molecule has 23 heavy (non-hydrogen) atoms. The first-order chi connectivity index (χ1) is 11.1. The Hall–Kier alpha value is -3.03. The topological polar surface area (TPSA) is 106 Å². The lowest BCUT2D eigenvalue weighted by Crippen LogP contribution is -2.20. The van der Waals surface area contributed by atoms with E-state index in [9.17, 15) is 9.90 Å². The molecule has 3 heterocycles. The number of hydrogen-bond acceptors (Lipinski definition) is 7. The number of pyridine rings is 2. The zero-order valence-electron chi connectivity index (χ0n) is 12.7. The Balaban J connectivity index is 2.02. The van der Waals surface area contributed by atoms with E-state index >= 15 is 0 Å². The number of aromatic nitrogens is 2. The standard InChI is InChI=1S/C15H16N4O4/c1-8-10(7-18-14-12(8)16-5-6-23-14)19-9-3-4-17-13(22-2)11(9)15(20)21/h3-4,7,16H,5-6H2,1-2H3,(H,17,19)(H,20,21). The van der Waals surface area contributed by atoms with E-state index < -0.39 is 5.97 Å². The zero-order valence-corrected chi connectivity index (χ0v) is 12.7. The van der Waals surface area contributed by atoms with Crippen LogP contribution >= 0.6 is 0 Å². The Morgan fingerprint density at radius 3 is 3.00 bits per heavy atom. The van der Waals surface area contributed by atoms with Gasteiger partial charge < -0.3 is 25.2 Å². The van der Waals surface area contributed by atoms with Crippen molar-refractivity contribution in [1.29, 1.82) is 0 Å².